The van der Waals surface area contributed by atoms with Gasteiger partial charge in [-0.3, -0.25) is 9.20 Å². The summed E-state index contributed by atoms with van der Waals surface area (Å²) in [5.74, 6) is -1.27. The lowest BCUT2D eigenvalue weighted by Crippen LogP contribution is -2.21. The maximum absolute atomic E-state index is 13.3. The van der Waals surface area contributed by atoms with Gasteiger partial charge >= 0.3 is 6.18 Å². The van der Waals surface area contributed by atoms with Gasteiger partial charge in [0.05, 0.1) is 17.3 Å². The number of halogens is 3. The number of carbonyl (C=O) groups excluding carboxylic acids is 1. The van der Waals surface area contributed by atoms with Gasteiger partial charge in [-0.15, -0.1) is 0 Å². The number of nitrogens with two attached hydrogens (primary N) is 1. The molecule has 0 saturated carbocycles. The molecule has 0 radical (unpaired) electrons. The third-order valence-corrected chi connectivity index (χ3v) is 3.17. The molecule has 116 valence electrons. The Balaban J connectivity index is 2.35. The van der Waals surface area contributed by atoms with E-state index in [1.54, 1.807) is 0 Å². The summed E-state index contributed by atoms with van der Waals surface area (Å²) in [5.41, 5.74) is 3.32. The number of fused-ring (bicyclic) bond motifs is 1. The first-order chi connectivity index (χ1) is 10.8. The summed E-state index contributed by atoms with van der Waals surface area (Å²) in [4.78, 5) is 15.2. The number of alkyl halides is 3. The van der Waals surface area contributed by atoms with Crippen molar-refractivity contribution in [3.63, 3.8) is 0 Å². The Morgan fingerprint density at radius 2 is 2.09 bits per heavy atom. The minimum atomic E-state index is -4.85. The summed E-state index contributed by atoms with van der Waals surface area (Å²) >= 11 is 0. The minimum Gasteiger partial charge on any atom is -0.365 e. The fourth-order valence-electron chi connectivity index (χ4n) is 2.24. The predicted octanol–water partition coefficient (Wildman–Crippen LogP) is 1.51. The van der Waals surface area contributed by atoms with Crippen molar-refractivity contribution in [1.29, 1.82) is 5.26 Å². The molecule has 0 aliphatic carbocycles. The van der Waals surface area contributed by atoms with Gasteiger partial charge in [-0.2, -0.15) is 23.5 Å². The van der Waals surface area contributed by atoms with E-state index in [4.69, 9.17) is 11.0 Å². The summed E-state index contributed by atoms with van der Waals surface area (Å²) in [7, 11) is 0. The Morgan fingerprint density at radius 1 is 1.35 bits per heavy atom. The van der Waals surface area contributed by atoms with Crippen LogP contribution in [0.1, 0.15) is 21.6 Å². The highest BCUT2D eigenvalue weighted by atomic mass is 19.4. The molecule has 3 rings (SSSR count). The number of imidazole rings is 1. The smallest absolute Gasteiger partial charge is 0.365 e. The van der Waals surface area contributed by atoms with Crippen LogP contribution in [0.3, 0.4) is 0 Å². The summed E-state index contributed by atoms with van der Waals surface area (Å²) in [6.07, 6.45) is -1.36. The lowest BCUT2D eigenvalue weighted by atomic mass is 10.2. The van der Waals surface area contributed by atoms with Crippen LogP contribution in [0.15, 0.2) is 30.7 Å². The van der Waals surface area contributed by atoms with Gasteiger partial charge in [0.15, 0.2) is 11.3 Å². The molecule has 0 aromatic carbocycles. The van der Waals surface area contributed by atoms with E-state index in [1.165, 1.54) is 28.9 Å². The van der Waals surface area contributed by atoms with Gasteiger partial charge in [0.25, 0.3) is 5.91 Å². The van der Waals surface area contributed by atoms with E-state index in [9.17, 15) is 18.0 Å². The zero-order chi connectivity index (χ0) is 16.8. The number of rotatable bonds is 2. The van der Waals surface area contributed by atoms with E-state index in [2.05, 4.69) is 10.1 Å². The lowest BCUT2D eigenvalue weighted by molar-refractivity contribution is -0.143. The van der Waals surface area contributed by atoms with Crippen LogP contribution >= 0.6 is 0 Å². The van der Waals surface area contributed by atoms with E-state index < -0.39 is 23.3 Å². The molecule has 0 atom stereocenters. The third-order valence-electron chi connectivity index (χ3n) is 3.17. The maximum atomic E-state index is 13.3. The molecule has 0 unspecified atom stereocenters. The van der Waals surface area contributed by atoms with Crippen molar-refractivity contribution >= 4 is 11.6 Å². The second-order valence-corrected chi connectivity index (χ2v) is 4.52. The topological polar surface area (TPSA) is 102 Å². The molecule has 0 aliphatic rings. The Morgan fingerprint density at radius 3 is 2.70 bits per heavy atom. The number of hydrogen-bond acceptors (Lipinski definition) is 4. The summed E-state index contributed by atoms with van der Waals surface area (Å²) in [5, 5.41) is 12.6. The average molecular weight is 320 g/mol. The van der Waals surface area contributed by atoms with Crippen molar-refractivity contribution in [3.8, 4) is 11.9 Å². The highest BCUT2D eigenvalue weighted by Gasteiger charge is 2.40. The van der Waals surface area contributed by atoms with E-state index in [0.717, 1.165) is 6.20 Å². The molecule has 0 bridgehead atoms. The molecule has 3 aromatic heterocycles. The molecule has 1 amide bonds. The van der Waals surface area contributed by atoms with Crippen molar-refractivity contribution in [1.82, 2.24) is 19.2 Å². The average Bonchev–Trinajstić information content (AvgIpc) is 3.12. The Labute approximate surface area is 126 Å². The van der Waals surface area contributed by atoms with Gasteiger partial charge in [0.2, 0.25) is 0 Å². The number of amides is 1. The summed E-state index contributed by atoms with van der Waals surface area (Å²) in [6, 6.07) is 4.49. The van der Waals surface area contributed by atoms with E-state index in [1.807, 2.05) is 6.07 Å². The van der Waals surface area contributed by atoms with Gasteiger partial charge in [0.1, 0.15) is 11.9 Å². The van der Waals surface area contributed by atoms with Crippen molar-refractivity contribution in [3.05, 3.63) is 47.5 Å². The maximum Gasteiger partial charge on any atom is 0.434 e. The van der Waals surface area contributed by atoms with Crippen LogP contribution in [-0.2, 0) is 6.18 Å². The van der Waals surface area contributed by atoms with Crippen molar-refractivity contribution < 1.29 is 18.0 Å². The number of primary amides is 1. The number of nitriles is 1. The van der Waals surface area contributed by atoms with Crippen LogP contribution in [0.2, 0.25) is 0 Å². The van der Waals surface area contributed by atoms with Crippen LogP contribution < -0.4 is 5.73 Å². The Hall–Kier alpha value is -3.35. The van der Waals surface area contributed by atoms with Crippen LogP contribution in [0.5, 0.6) is 0 Å². The first kappa shape index (κ1) is 14.6. The molecule has 7 nitrogen and oxygen atoms in total. The zero-order valence-electron chi connectivity index (χ0n) is 11.2. The Bertz CT molecular complexity index is 962. The first-order valence-corrected chi connectivity index (χ1v) is 6.16. The summed E-state index contributed by atoms with van der Waals surface area (Å²) in [6.45, 7) is 0. The van der Waals surface area contributed by atoms with Gasteiger partial charge in [-0.25, -0.2) is 9.67 Å². The number of nitrogens with zero attached hydrogens (tertiary/aromatic N) is 5. The third kappa shape index (κ3) is 2.18. The van der Waals surface area contributed by atoms with Gasteiger partial charge in [-0.1, -0.05) is 0 Å². The molecule has 2 N–H and O–H groups in total. The molecular formula is C13H7F3N6O. The molecule has 0 saturated heterocycles. The first-order valence-electron chi connectivity index (χ1n) is 6.16. The minimum absolute atomic E-state index is 0.0312. The van der Waals surface area contributed by atoms with Crippen molar-refractivity contribution in [2.45, 2.75) is 6.18 Å². The lowest BCUT2D eigenvalue weighted by Gasteiger charge is -2.13. The number of carbonyl (C=O) groups is 1. The standard InChI is InChI=1S/C13H7F3N6O/c14-13(15,16)10-8(11(18)23)6-20-22(10)9-2-1-7(5-17)12-19-3-4-21(9)12/h1-4,6H,(H2,18,23). The highest BCUT2D eigenvalue weighted by Crippen LogP contribution is 2.33. The van der Waals surface area contributed by atoms with Crippen molar-refractivity contribution in [2.75, 3.05) is 0 Å². The number of pyridine rings is 1. The molecule has 3 heterocycles. The van der Waals surface area contributed by atoms with Crippen molar-refractivity contribution in [2.24, 2.45) is 5.73 Å². The van der Waals surface area contributed by atoms with Crippen LogP contribution in [0.25, 0.3) is 11.5 Å². The van der Waals surface area contributed by atoms with Crippen LogP contribution in [0, 0.1) is 11.3 Å². The molecule has 10 heteroatoms. The Kier molecular flexibility index (Phi) is 3.07. The van der Waals surface area contributed by atoms with E-state index >= 15 is 0 Å². The molecule has 0 spiro atoms. The normalized spacial score (nSPS) is 11.6. The predicted molar refractivity (Wildman–Crippen MR) is 70.5 cm³/mol. The van der Waals surface area contributed by atoms with Gasteiger partial charge < -0.3 is 5.73 Å². The molecule has 0 aliphatic heterocycles. The highest BCUT2D eigenvalue weighted by molar-refractivity contribution is 5.94. The molecular weight excluding hydrogens is 313 g/mol. The van der Waals surface area contributed by atoms with E-state index in [-0.39, 0.29) is 17.0 Å². The van der Waals surface area contributed by atoms with Crippen LogP contribution in [0.4, 0.5) is 13.2 Å². The SMILES string of the molecule is N#Cc1ccc(-n2ncc(C(N)=O)c2C(F)(F)F)n2ccnc12. The largest absolute Gasteiger partial charge is 0.434 e. The summed E-state index contributed by atoms with van der Waals surface area (Å²) < 4.78 is 41.8. The fourth-order valence-corrected chi connectivity index (χ4v) is 2.24. The molecule has 23 heavy (non-hydrogen) atoms. The van der Waals surface area contributed by atoms with Gasteiger partial charge in [-0.05, 0) is 12.1 Å². The second-order valence-electron chi connectivity index (χ2n) is 4.52. The second kappa shape index (κ2) is 4.84. The number of aromatic nitrogens is 4. The van der Waals surface area contributed by atoms with Crippen LogP contribution in [-0.4, -0.2) is 25.1 Å². The fraction of sp³-hybridized carbons (Fsp3) is 0.0769. The van der Waals surface area contributed by atoms with Gasteiger partial charge in [0, 0.05) is 12.4 Å². The van der Waals surface area contributed by atoms with E-state index in [0.29, 0.717) is 4.68 Å². The molecule has 0 fully saturated rings. The number of hydrogen-bond donors (Lipinski definition) is 1. The quantitative estimate of drug-likeness (QED) is 0.773. The molecule has 3 aromatic rings. The zero-order valence-corrected chi connectivity index (χ0v) is 11.2. The monoisotopic (exact) mass is 320 g/mol.